The molecule has 2 aromatic rings. The Morgan fingerprint density at radius 3 is 2.93 bits per heavy atom. The summed E-state index contributed by atoms with van der Waals surface area (Å²) < 4.78 is 13.6. The molecule has 0 radical (unpaired) electrons. The predicted octanol–water partition coefficient (Wildman–Crippen LogP) is 2.72. The molecule has 2 nitrogen and oxygen atoms in total. The predicted molar refractivity (Wildman–Crippen MR) is 51.9 cm³/mol. The van der Waals surface area contributed by atoms with Gasteiger partial charge in [-0.1, -0.05) is 0 Å². The van der Waals surface area contributed by atoms with E-state index in [-0.39, 0.29) is 0 Å². The summed E-state index contributed by atoms with van der Waals surface area (Å²) in [6.45, 7) is 0. The molecule has 0 fully saturated rings. The van der Waals surface area contributed by atoms with Crippen molar-refractivity contribution in [3.63, 3.8) is 0 Å². The Kier molecular flexibility index (Phi) is 2.02. The number of rotatable bonds is 1. The van der Waals surface area contributed by atoms with Crippen LogP contribution in [0.25, 0.3) is 10.1 Å². The number of fused-ring (bicyclic) bond motifs is 1. The van der Waals surface area contributed by atoms with Crippen LogP contribution in [0.1, 0.15) is 15.9 Å². The van der Waals surface area contributed by atoms with Gasteiger partial charge in [0.2, 0.25) is 0 Å². The fourth-order valence-electron chi connectivity index (χ4n) is 1.32. The molecule has 14 heavy (non-hydrogen) atoms. The average Bonchev–Trinajstić information content (AvgIpc) is 2.63. The van der Waals surface area contributed by atoms with Gasteiger partial charge in [0.1, 0.15) is 11.9 Å². The zero-order valence-corrected chi connectivity index (χ0v) is 7.77. The van der Waals surface area contributed by atoms with Crippen molar-refractivity contribution in [1.29, 1.82) is 5.26 Å². The highest BCUT2D eigenvalue weighted by Crippen LogP contribution is 2.30. The van der Waals surface area contributed by atoms with E-state index in [1.54, 1.807) is 5.38 Å². The molecule has 0 saturated heterocycles. The number of hydrogen-bond donors (Lipinski definition) is 0. The van der Waals surface area contributed by atoms with Crippen molar-refractivity contribution in [2.75, 3.05) is 0 Å². The minimum atomic E-state index is -0.392. The van der Waals surface area contributed by atoms with E-state index in [1.807, 2.05) is 6.07 Å². The monoisotopic (exact) mass is 205 g/mol. The first-order valence-corrected chi connectivity index (χ1v) is 4.71. The fraction of sp³-hybridized carbons (Fsp3) is 0. The second-order valence-electron chi connectivity index (χ2n) is 2.72. The normalized spacial score (nSPS) is 10.0. The van der Waals surface area contributed by atoms with Crippen molar-refractivity contribution in [3.05, 3.63) is 34.5 Å². The Morgan fingerprint density at radius 2 is 2.29 bits per heavy atom. The lowest BCUT2D eigenvalue weighted by molar-refractivity contribution is 0.112. The van der Waals surface area contributed by atoms with Gasteiger partial charge in [0.25, 0.3) is 0 Å². The van der Waals surface area contributed by atoms with Crippen molar-refractivity contribution in [2.45, 2.75) is 0 Å². The Hall–Kier alpha value is -1.73. The lowest BCUT2D eigenvalue weighted by atomic mass is 10.1. The highest BCUT2D eigenvalue weighted by molar-refractivity contribution is 7.17. The van der Waals surface area contributed by atoms with E-state index in [1.165, 1.54) is 12.1 Å². The number of benzene rings is 1. The standard InChI is InChI=1S/C10H4FNOS/c11-8-2-1-6(4-13)9-7(3-12)5-14-10(8)9/h1-2,4-5H. The largest absolute Gasteiger partial charge is 0.298 e. The smallest absolute Gasteiger partial charge is 0.150 e. The first kappa shape index (κ1) is 8.85. The van der Waals surface area contributed by atoms with Crippen LogP contribution in [0.5, 0.6) is 0 Å². The number of halogens is 1. The molecule has 2 rings (SSSR count). The third-order valence-corrected chi connectivity index (χ3v) is 2.94. The average molecular weight is 205 g/mol. The summed E-state index contributed by atoms with van der Waals surface area (Å²) in [5.41, 5.74) is 0.714. The van der Waals surface area contributed by atoms with Crippen molar-refractivity contribution in [1.82, 2.24) is 0 Å². The van der Waals surface area contributed by atoms with Gasteiger partial charge in [-0.2, -0.15) is 5.26 Å². The number of carbonyl (C=O) groups excluding carboxylic acids is 1. The van der Waals surface area contributed by atoms with Crippen LogP contribution in [0.3, 0.4) is 0 Å². The molecule has 1 aromatic heterocycles. The second-order valence-corrected chi connectivity index (χ2v) is 3.60. The first-order chi connectivity index (χ1) is 6.77. The Labute approximate surface area is 83.2 Å². The molecular formula is C10H4FNOS. The zero-order valence-electron chi connectivity index (χ0n) is 6.95. The maximum Gasteiger partial charge on any atom is 0.150 e. The summed E-state index contributed by atoms with van der Waals surface area (Å²) in [5, 5.41) is 10.7. The number of aldehydes is 1. The zero-order chi connectivity index (χ0) is 10.1. The molecule has 1 heterocycles. The fourth-order valence-corrected chi connectivity index (χ4v) is 2.26. The van der Waals surface area contributed by atoms with Gasteiger partial charge in [-0.25, -0.2) is 4.39 Å². The minimum Gasteiger partial charge on any atom is -0.298 e. The van der Waals surface area contributed by atoms with Crippen LogP contribution in [-0.4, -0.2) is 6.29 Å². The molecule has 0 aliphatic rings. The molecule has 68 valence electrons. The molecule has 0 aliphatic heterocycles. The SMILES string of the molecule is N#Cc1csc2c(F)ccc(C=O)c12. The van der Waals surface area contributed by atoms with E-state index in [9.17, 15) is 9.18 Å². The molecule has 0 amide bonds. The summed E-state index contributed by atoms with van der Waals surface area (Å²) in [7, 11) is 0. The number of nitriles is 1. The van der Waals surface area contributed by atoms with E-state index in [0.29, 0.717) is 27.5 Å². The van der Waals surface area contributed by atoms with E-state index >= 15 is 0 Å². The lowest BCUT2D eigenvalue weighted by Crippen LogP contribution is -1.85. The van der Waals surface area contributed by atoms with E-state index in [4.69, 9.17) is 5.26 Å². The summed E-state index contributed by atoms with van der Waals surface area (Å²) >= 11 is 1.14. The molecule has 4 heteroatoms. The highest BCUT2D eigenvalue weighted by atomic mass is 32.1. The van der Waals surface area contributed by atoms with E-state index in [2.05, 4.69) is 0 Å². The number of hydrogen-bond acceptors (Lipinski definition) is 3. The second kappa shape index (κ2) is 3.20. The summed E-state index contributed by atoms with van der Waals surface area (Å²) in [5.74, 6) is -0.392. The van der Waals surface area contributed by atoms with Crippen LogP contribution in [0, 0.1) is 17.1 Å². The van der Waals surface area contributed by atoms with Gasteiger partial charge in [0.05, 0.1) is 10.3 Å². The molecule has 0 atom stereocenters. The summed E-state index contributed by atoms with van der Waals surface area (Å²) in [6.07, 6.45) is 0.634. The molecular weight excluding hydrogens is 201 g/mol. The van der Waals surface area contributed by atoms with Crippen LogP contribution >= 0.6 is 11.3 Å². The third kappa shape index (κ3) is 1.10. The van der Waals surface area contributed by atoms with Gasteiger partial charge in [-0.05, 0) is 12.1 Å². The van der Waals surface area contributed by atoms with Crippen molar-refractivity contribution in [2.24, 2.45) is 0 Å². The Balaban J connectivity index is 2.97. The van der Waals surface area contributed by atoms with Crippen LogP contribution in [0.15, 0.2) is 17.5 Å². The van der Waals surface area contributed by atoms with Crippen LogP contribution < -0.4 is 0 Å². The molecule has 0 aliphatic carbocycles. The number of nitrogens with zero attached hydrogens (tertiary/aromatic N) is 1. The van der Waals surface area contributed by atoms with Crippen molar-refractivity contribution < 1.29 is 9.18 Å². The molecule has 1 aromatic carbocycles. The molecule has 0 bridgehead atoms. The van der Waals surface area contributed by atoms with E-state index in [0.717, 1.165) is 11.3 Å². The summed E-state index contributed by atoms with van der Waals surface area (Å²) in [6, 6.07) is 4.56. The summed E-state index contributed by atoms with van der Waals surface area (Å²) in [4.78, 5) is 10.7. The van der Waals surface area contributed by atoms with Crippen LogP contribution in [0.2, 0.25) is 0 Å². The topological polar surface area (TPSA) is 40.9 Å². The highest BCUT2D eigenvalue weighted by Gasteiger charge is 2.11. The van der Waals surface area contributed by atoms with Gasteiger partial charge in [0, 0.05) is 16.3 Å². The number of carbonyl (C=O) groups is 1. The van der Waals surface area contributed by atoms with Gasteiger partial charge in [0.15, 0.2) is 6.29 Å². The Bertz CT molecular complexity index is 553. The maximum atomic E-state index is 13.2. The van der Waals surface area contributed by atoms with Gasteiger partial charge in [-0.3, -0.25) is 4.79 Å². The molecule has 0 unspecified atom stereocenters. The Morgan fingerprint density at radius 1 is 1.50 bits per heavy atom. The van der Waals surface area contributed by atoms with Gasteiger partial charge in [-0.15, -0.1) is 11.3 Å². The van der Waals surface area contributed by atoms with Crippen molar-refractivity contribution >= 4 is 27.7 Å². The van der Waals surface area contributed by atoms with Gasteiger partial charge < -0.3 is 0 Å². The van der Waals surface area contributed by atoms with Crippen LogP contribution in [-0.2, 0) is 0 Å². The maximum absolute atomic E-state index is 13.2. The molecule has 0 N–H and O–H groups in total. The quantitative estimate of drug-likeness (QED) is 0.671. The van der Waals surface area contributed by atoms with Gasteiger partial charge >= 0.3 is 0 Å². The van der Waals surface area contributed by atoms with E-state index < -0.39 is 5.82 Å². The van der Waals surface area contributed by atoms with Crippen LogP contribution in [0.4, 0.5) is 4.39 Å². The third-order valence-electron chi connectivity index (χ3n) is 1.95. The minimum absolute atomic E-state index is 0.353. The molecule has 0 saturated carbocycles. The first-order valence-electron chi connectivity index (χ1n) is 3.83. The van der Waals surface area contributed by atoms with Crippen molar-refractivity contribution in [3.8, 4) is 6.07 Å². The number of thiophene rings is 1. The molecule has 0 spiro atoms. The lowest BCUT2D eigenvalue weighted by Gasteiger charge is -1.95.